The highest BCUT2D eigenvalue weighted by molar-refractivity contribution is 8.00. The van der Waals surface area contributed by atoms with Gasteiger partial charge in [-0.1, -0.05) is 35.0 Å². The Hall–Kier alpha value is -2.95. The summed E-state index contributed by atoms with van der Waals surface area (Å²) in [6.07, 6.45) is 0. The number of halogens is 2. The third-order valence-electron chi connectivity index (χ3n) is 4.27. The molecule has 154 valence electrons. The second-order valence-electron chi connectivity index (χ2n) is 6.39. The van der Waals surface area contributed by atoms with Gasteiger partial charge in [-0.15, -0.1) is 10.2 Å². The number of nitrogens with one attached hydrogen (secondary N) is 3. The molecule has 30 heavy (non-hydrogen) atoms. The van der Waals surface area contributed by atoms with Gasteiger partial charge in [-0.2, -0.15) is 0 Å². The molecule has 0 saturated carbocycles. The number of aromatic amines is 2. The SMILES string of the molecule is CC(Sc1nnc(-c2ccc(Cl)cc2Cl)n1N)C(=O)Nc1ccc2[nH]c(=O)[nH]c2c1. The number of nitrogens with two attached hydrogens (primary N) is 1. The van der Waals surface area contributed by atoms with Crippen molar-refractivity contribution in [1.29, 1.82) is 0 Å². The Balaban J connectivity index is 1.49. The molecule has 2 aromatic heterocycles. The topological polar surface area (TPSA) is 134 Å². The van der Waals surface area contributed by atoms with Gasteiger partial charge < -0.3 is 21.1 Å². The lowest BCUT2D eigenvalue weighted by Gasteiger charge is -2.12. The average molecular weight is 464 g/mol. The number of amides is 1. The van der Waals surface area contributed by atoms with Crippen molar-refractivity contribution in [2.24, 2.45) is 0 Å². The molecule has 0 bridgehead atoms. The number of benzene rings is 2. The van der Waals surface area contributed by atoms with E-state index in [9.17, 15) is 9.59 Å². The lowest BCUT2D eigenvalue weighted by molar-refractivity contribution is -0.115. The van der Waals surface area contributed by atoms with Crippen molar-refractivity contribution >= 4 is 57.6 Å². The number of imidazole rings is 1. The maximum Gasteiger partial charge on any atom is 0.323 e. The van der Waals surface area contributed by atoms with E-state index in [-0.39, 0.29) is 11.6 Å². The largest absolute Gasteiger partial charge is 0.335 e. The van der Waals surface area contributed by atoms with Crippen LogP contribution in [0.1, 0.15) is 6.92 Å². The molecule has 0 spiro atoms. The first-order valence-electron chi connectivity index (χ1n) is 8.67. The van der Waals surface area contributed by atoms with Crippen molar-refractivity contribution in [2.45, 2.75) is 17.3 Å². The molecule has 0 aliphatic heterocycles. The Labute approximate surface area is 183 Å². The van der Waals surface area contributed by atoms with Crippen LogP contribution in [0, 0.1) is 0 Å². The Morgan fingerprint density at radius 1 is 1.17 bits per heavy atom. The molecular formula is C18H15Cl2N7O2S. The molecule has 2 aromatic carbocycles. The van der Waals surface area contributed by atoms with Gasteiger partial charge in [0.15, 0.2) is 5.82 Å². The van der Waals surface area contributed by atoms with Gasteiger partial charge >= 0.3 is 5.69 Å². The minimum Gasteiger partial charge on any atom is -0.335 e. The molecule has 1 unspecified atom stereocenters. The molecule has 1 atom stereocenters. The molecule has 0 aliphatic carbocycles. The van der Waals surface area contributed by atoms with Crippen LogP contribution < -0.4 is 16.8 Å². The standard InChI is InChI=1S/C18H15Cl2N7O2S/c1-8(16(28)22-10-3-5-13-14(7-10)24-17(29)23-13)30-18-26-25-15(27(18)21)11-4-2-9(19)6-12(11)20/h2-8H,21H2,1H3,(H,22,28)(H2,23,24,29). The maximum atomic E-state index is 12.6. The maximum absolute atomic E-state index is 12.6. The molecule has 2 heterocycles. The van der Waals surface area contributed by atoms with E-state index in [4.69, 9.17) is 29.0 Å². The first-order chi connectivity index (χ1) is 14.3. The lowest BCUT2D eigenvalue weighted by atomic mass is 10.2. The number of carbonyl (C=O) groups excluding carboxylic acids is 1. The van der Waals surface area contributed by atoms with E-state index in [1.165, 1.54) is 4.68 Å². The summed E-state index contributed by atoms with van der Waals surface area (Å²) >= 11 is 13.3. The van der Waals surface area contributed by atoms with Gasteiger partial charge in [-0.25, -0.2) is 9.47 Å². The smallest absolute Gasteiger partial charge is 0.323 e. The Morgan fingerprint density at radius 3 is 2.70 bits per heavy atom. The summed E-state index contributed by atoms with van der Waals surface area (Å²) in [4.78, 5) is 29.3. The fraction of sp³-hybridized carbons (Fsp3) is 0.111. The van der Waals surface area contributed by atoms with Crippen LogP contribution in [-0.4, -0.2) is 36.0 Å². The highest BCUT2D eigenvalue weighted by Gasteiger charge is 2.21. The lowest BCUT2D eigenvalue weighted by Crippen LogP contribution is -2.23. The van der Waals surface area contributed by atoms with Crippen LogP contribution in [0.3, 0.4) is 0 Å². The van der Waals surface area contributed by atoms with Crippen molar-refractivity contribution in [3.05, 3.63) is 56.9 Å². The van der Waals surface area contributed by atoms with Crippen LogP contribution in [0.25, 0.3) is 22.4 Å². The monoisotopic (exact) mass is 463 g/mol. The third kappa shape index (κ3) is 4.02. The van der Waals surface area contributed by atoms with Gasteiger partial charge in [0.05, 0.1) is 21.3 Å². The summed E-state index contributed by atoms with van der Waals surface area (Å²) in [6.45, 7) is 1.72. The van der Waals surface area contributed by atoms with Crippen molar-refractivity contribution in [3.63, 3.8) is 0 Å². The van der Waals surface area contributed by atoms with E-state index >= 15 is 0 Å². The van der Waals surface area contributed by atoms with Crippen LogP contribution in [0.4, 0.5) is 5.69 Å². The molecule has 5 N–H and O–H groups in total. The molecule has 4 rings (SSSR count). The third-order valence-corrected chi connectivity index (χ3v) is 5.88. The zero-order valence-electron chi connectivity index (χ0n) is 15.4. The molecule has 0 fully saturated rings. The highest BCUT2D eigenvalue weighted by Crippen LogP contribution is 2.31. The molecule has 0 aliphatic rings. The number of anilines is 1. The van der Waals surface area contributed by atoms with Crippen molar-refractivity contribution in [2.75, 3.05) is 11.2 Å². The zero-order chi connectivity index (χ0) is 21.4. The number of hydrogen-bond acceptors (Lipinski definition) is 6. The van der Waals surface area contributed by atoms with E-state index < -0.39 is 5.25 Å². The predicted octanol–water partition coefficient (Wildman–Crippen LogP) is 3.25. The van der Waals surface area contributed by atoms with E-state index in [0.717, 1.165) is 11.8 Å². The van der Waals surface area contributed by atoms with Crippen LogP contribution >= 0.6 is 35.0 Å². The molecule has 9 nitrogen and oxygen atoms in total. The summed E-state index contributed by atoms with van der Waals surface area (Å²) < 4.78 is 1.28. The number of thioether (sulfide) groups is 1. The Morgan fingerprint density at radius 2 is 1.93 bits per heavy atom. The summed E-state index contributed by atoms with van der Waals surface area (Å²) in [6, 6.07) is 10.0. The number of rotatable bonds is 5. The van der Waals surface area contributed by atoms with Crippen molar-refractivity contribution < 1.29 is 4.79 Å². The van der Waals surface area contributed by atoms with Crippen molar-refractivity contribution in [3.8, 4) is 11.4 Å². The first kappa shape index (κ1) is 20.3. The quantitative estimate of drug-likeness (QED) is 0.265. The molecular weight excluding hydrogens is 449 g/mol. The zero-order valence-corrected chi connectivity index (χ0v) is 17.8. The number of nitrogen functional groups attached to an aromatic ring is 1. The molecule has 1 amide bonds. The van der Waals surface area contributed by atoms with E-state index in [1.54, 1.807) is 43.3 Å². The average Bonchev–Trinajstić information content (AvgIpc) is 3.23. The minimum atomic E-state index is -0.522. The predicted molar refractivity (Wildman–Crippen MR) is 118 cm³/mol. The molecule has 0 radical (unpaired) electrons. The van der Waals surface area contributed by atoms with Gasteiger partial charge in [0, 0.05) is 16.3 Å². The van der Waals surface area contributed by atoms with Crippen LogP contribution in [0.5, 0.6) is 0 Å². The normalized spacial score (nSPS) is 12.2. The van der Waals surface area contributed by atoms with E-state index in [2.05, 4.69) is 25.5 Å². The number of H-pyrrole nitrogens is 2. The summed E-state index contributed by atoms with van der Waals surface area (Å²) in [5.74, 6) is 6.22. The number of hydrogen-bond donors (Lipinski definition) is 4. The number of carbonyl (C=O) groups is 1. The van der Waals surface area contributed by atoms with Gasteiger partial charge in [-0.05, 0) is 43.3 Å². The van der Waals surface area contributed by atoms with Crippen LogP contribution in [-0.2, 0) is 4.79 Å². The van der Waals surface area contributed by atoms with Gasteiger partial charge in [0.1, 0.15) is 0 Å². The molecule has 0 saturated heterocycles. The number of fused-ring (bicyclic) bond motifs is 1. The second-order valence-corrected chi connectivity index (χ2v) is 8.54. The summed E-state index contributed by atoms with van der Waals surface area (Å²) in [5.41, 5.74) is 2.08. The first-order valence-corrected chi connectivity index (χ1v) is 10.3. The van der Waals surface area contributed by atoms with E-state index in [1.807, 2.05) is 0 Å². The van der Waals surface area contributed by atoms with E-state index in [0.29, 0.717) is 43.3 Å². The Bertz CT molecular complexity index is 1310. The second kappa shape index (κ2) is 8.05. The Kier molecular flexibility index (Phi) is 5.46. The fourth-order valence-corrected chi connectivity index (χ4v) is 4.04. The molecule has 12 heteroatoms. The van der Waals surface area contributed by atoms with Gasteiger partial charge in [-0.3, -0.25) is 4.79 Å². The summed E-state index contributed by atoms with van der Waals surface area (Å²) in [5, 5.41) is 11.7. The molecule has 4 aromatic rings. The number of nitrogens with zero attached hydrogens (tertiary/aromatic N) is 3. The minimum absolute atomic E-state index is 0.258. The van der Waals surface area contributed by atoms with Crippen LogP contribution in [0.15, 0.2) is 46.3 Å². The fourth-order valence-electron chi connectivity index (χ4n) is 2.78. The van der Waals surface area contributed by atoms with Crippen LogP contribution in [0.2, 0.25) is 10.0 Å². The van der Waals surface area contributed by atoms with Gasteiger partial charge in [0.25, 0.3) is 0 Å². The number of aromatic nitrogens is 5. The highest BCUT2D eigenvalue weighted by atomic mass is 35.5. The summed E-state index contributed by atoms with van der Waals surface area (Å²) in [7, 11) is 0. The van der Waals surface area contributed by atoms with Crippen molar-refractivity contribution in [1.82, 2.24) is 24.8 Å². The van der Waals surface area contributed by atoms with Gasteiger partial charge in [0.2, 0.25) is 11.1 Å².